The van der Waals surface area contributed by atoms with Gasteiger partial charge in [0.05, 0.1) is 0 Å². The van der Waals surface area contributed by atoms with Crippen molar-refractivity contribution in [3.8, 4) is 0 Å². The molecule has 27 heavy (non-hydrogen) atoms. The molecule has 7 heteroatoms. The molecule has 2 aromatic carbocycles. The normalized spacial score (nSPS) is 16.8. The Kier molecular flexibility index (Phi) is 4.94. The van der Waals surface area contributed by atoms with Crippen LogP contribution in [-0.2, 0) is 9.59 Å². The Labute approximate surface area is 156 Å². The van der Waals surface area contributed by atoms with E-state index in [1.807, 2.05) is 26.0 Å². The lowest BCUT2D eigenvalue weighted by molar-refractivity contribution is -0.130. The lowest BCUT2D eigenvalue weighted by Gasteiger charge is -2.19. The number of rotatable bonds is 4. The topological polar surface area (TPSA) is 69.7 Å². The van der Waals surface area contributed by atoms with E-state index < -0.39 is 29.7 Å². The number of amides is 4. The van der Waals surface area contributed by atoms with Crippen molar-refractivity contribution in [2.45, 2.75) is 26.8 Å². The van der Waals surface area contributed by atoms with Crippen molar-refractivity contribution in [1.29, 1.82) is 0 Å². The molecule has 0 spiro atoms. The van der Waals surface area contributed by atoms with E-state index in [9.17, 15) is 18.8 Å². The van der Waals surface area contributed by atoms with Crippen molar-refractivity contribution in [3.05, 3.63) is 59.4 Å². The molecule has 6 nitrogen and oxygen atoms in total. The van der Waals surface area contributed by atoms with Crippen molar-refractivity contribution in [3.63, 3.8) is 0 Å². The molecule has 4 amide bonds. The van der Waals surface area contributed by atoms with Crippen LogP contribution in [0.3, 0.4) is 0 Å². The quantitative estimate of drug-likeness (QED) is 0.841. The van der Waals surface area contributed by atoms with Gasteiger partial charge in [-0.05, 0) is 56.7 Å². The molecule has 1 atom stereocenters. The number of anilines is 2. The molecule has 1 unspecified atom stereocenters. The second-order valence-corrected chi connectivity index (χ2v) is 6.60. The number of aryl methyl sites for hydroxylation is 2. The molecule has 0 saturated carbocycles. The van der Waals surface area contributed by atoms with Gasteiger partial charge in [-0.15, -0.1) is 0 Å². The van der Waals surface area contributed by atoms with E-state index in [0.29, 0.717) is 11.4 Å². The summed E-state index contributed by atoms with van der Waals surface area (Å²) in [6.45, 7) is 5.01. The van der Waals surface area contributed by atoms with E-state index in [4.69, 9.17) is 0 Å². The van der Waals surface area contributed by atoms with Gasteiger partial charge in [0.2, 0.25) is 5.91 Å². The van der Waals surface area contributed by atoms with Gasteiger partial charge in [0.25, 0.3) is 5.91 Å². The van der Waals surface area contributed by atoms with Crippen LogP contribution in [0.1, 0.15) is 18.1 Å². The molecule has 3 rings (SSSR count). The average Bonchev–Trinajstić information content (AvgIpc) is 2.82. The van der Waals surface area contributed by atoms with Gasteiger partial charge < -0.3 is 5.32 Å². The Morgan fingerprint density at radius 1 is 1.11 bits per heavy atom. The number of carbonyl (C=O) groups excluding carboxylic acids is 3. The third-order valence-electron chi connectivity index (χ3n) is 4.51. The standard InChI is InChI=1S/C20H20FN3O3/c1-12-4-9-17(13(2)10-12)22-18(25)11-23-19(26)14(3)24(20(23)27)16-7-5-15(21)6-8-16/h4-10,14H,11H2,1-3H3,(H,22,25). The summed E-state index contributed by atoms with van der Waals surface area (Å²) in [5.74, 6) is -1.37. The first-order chi connectivity index (χ1) is 12.8. The number of imide groups is 1. The van der Waals surface area contributed by atoms with Crippen molar-refractivity contribution in [2.24, 2.45) is 0 Å². The van der Waals surface area contributed by atoms with Crippen molar-refractivity contribution >= 4 is 29.2 Å². The van der Waals surface area contributed by atoms with Gasteiger partial charge in [-0.1, -0.05) is 17.7 Å². The summed E-state index contributed by atoms with van der Waals surface area (Å²) in [4.78, 5) is 39.7. The van der Waals surface area contributed by atoms with E-state index in [-0.39, 0.29) is 6.54 Å². The first kappa shape index (κ1) is 18.6. The molecule has 1 fully saturated rings. The molecule has 1 heterocycles. The number of halogens is 1. The van der Waals surface area contributed by atoms with Crippen LogP contribution in [0.5, 0.6) is 0 Å². The minimum atomic E-state index is -0.767. The average molecular weight is 369 g/mol. The molecule has 1 N–H and O–H groups in total. The summed E-state index contributed by atoms with van der Waals surface area (Å²) in [6, 6.07) is 9.50. The molecule has 0 aromatic heterocycles. The summed E-state index contributed by atoms with van der Waals surface area (Å²) < 4.78 is 13.1. The fraction of sp³-hybridized carbons (Fsp3) is 0.250. The number of carbonyl (C=O) groups is 3. The largest absolute Gasteiger partial charge is 0.332 e. The van der Waals surface area contributed by atoms with Crippen molar-refractivity contribution in [1.82, 2.24) is 4.90 Å². The lowest BCUT2D eigenvalue weighted by Crippen LogP contribution is -2.39. The predicted molar refractivity (Wildman–Crippen MR) is 100.0 cm³/mol. The SMILES string of the molecule is Cc1ccc(NC(=O)CN2C(=O)C(C)N(c3ccc(F)cc3)C2=O)c(C)c1. The first-order valence-electron chi connectivity index (χ1n) is 8.55. The second kappa shape index (κ2) is 7.19. The monoisotopic (exact) mass is 369 g/mol. The lowest BCUT2D eigenvalue weighted by atomic mass is 10.1. The zero-order chi connectivity index (χ0) is 19.7. The second-order valence-electron chi connectivity index (χ2n) is 6.60. The van der Waals surface area contributed by atoms with Gasteiger partial charge in [-0.3, -0.25) is 19.4 Å². The number of hydrogen-bond acceptors (Lipinski definition) is 3. The minimum Gasteiger partial charge on any atom is -0.324 e. The molecule has 0 radical (unpaired) electrons. The van der Waals surface area contributed by atoms with Gasteiger partial charge in [0.15, 0.2) is 0 Å². The maximum Gasteiger partial charge on any atom is 0.332 e. The molecular formula is C20H20FN3O3. The molecule has 1 aliphatic heterocycles. The van der Waals surface area contributed by atoms with Gasteiger partial charge in [0.1, 0.15) is 18.4 Å². The number of urea groups is 1. The number of benzene rings is 2. The fourth-order valence-corrected chi connectivity index (χ4v) is 3.09. The van der Waals surface area contributed by atoms with Gasteiger partial charge in [0, 0.05) is 11.4 Å². The van der Waals surface area contributed by atoms with Crippen LogP contribution in [0.2, 0.25) is 0 Å². The summed E-state index contributed by atoms with van der Waals surface area (Å²) in [6.07, 6.45) is 0. The number of nitrogens with zero attached hydrogens (tertiary/aromatic N) is 2. The third-order valence-corrected chi connectivity index (χ3v) is 4.51. The summed E-state index contributed by atoms with van der Waals surface area (Å²) >= 11 is 0. The van der Waals surface area contributed by atoms with Crippen molar-refractivity contribution < 1.29 is 18.8 Å². The van der Waals surface area contributed by atoms with Crippen LogP contribution < -0.4 is 10.2 Å². The summed E-state index contributed by atoms with van der Waals surface area (Å²) in [5.41, 5.74) is 3.00. The van der Waals surface area contributed by atoms with Crippen LogP contribution in [0.25, 0.3) is 0 Å². The Bertz CT molecular complexity index is 911. The third kappa shape index (κ3) is 3.67. The van der Waals surface area contributed by atoms with Gasteiger partial charge in [-0.25, -0.2) is 9.18 Å². The fourth-order valence-electron chi connectivity index (χ4n) is 3.09. The minimum absolute atomic E-state index is 0.382. The zero-order valence-corrected chi connectivity index (χ0v) is 15.3. The molecule has 140 valence electrons. The number of nitrogens with one attached hydrogen (secondary N) is 1. The van der Waals surface area contributed by atoms with Crippen LogP contribution in [0.4, 0.5) is 20.6 Å². The Balaban J connectivity index is 1.74. The Morgan fingerprint density at radius 2 is 1.78 bits per heavy atom. The van der Waals surface area contributed by atoms with Crippen LogP contribution in [-0.4, -0.2) is 35.3 Å². The van der Waals surface area contributed by atoms with Crippen LogP contribution in [0.15, 0.2) is 42.5 Å². The highest BCUT2D eigenvalue weighted by Gasteiger charge is 2.44. The maximum absolute atomic E-state index is 13.1. The molecular weight excluding hydrogens is 349 g/mol. The van der Waals surface area contributed by atoms with E-state index in [2.05, 4.69) is 5.32 Å². The Hall–Kier alpha value is -3.22. The summed E-state index contributed by atoms with van der Waals surface area (Å²) in [7, 11) is 0. The van der Waals surface area contributed by atoms with Crippen LogP contribution >= 0.6 is 0 Å². The van der Waals surface area contributed by atoms with Crippen molar-refractivity contribution in [2.75, 3.05) is 16.8 Å². The van der Waals surface area contributed by atoms with E-state index in [1.54, 1.807) is 13.0 Å². The van der Waals surface area contributed by atoms with Gasteiger partial charge >= 0.3 is 6.03 Å². The van der Waals surface area contributed by atoms with Gasteiger partial charge in [-0.2, -0.15) is 0 Å². The predicted octanol–water partition coefficient (Wildman–Crippen LogP) is 3.24. The smallest absolute Gasteiger partial charge is 0.324 e. The van der Waals surface area contributed by atoms with E-state index in [1.165, 1.54) is 29.2 Å². The molecule has 1 aliphatic rings. The molecule has 0 bridgehead atoms. The van der Waals surface area contributed by atoms with E-state index >= 15 is 0 Å². The van der Waals surface area contributed by atoms with E-state index in [0.717, 1.165) is 16.0 Å². The van der Waals surface area contributed by atoms with Crippen LogP contribution in [0, 0.1) is 19.7 Å². The molecule has 0 aliphatic carbocycles. The first-order valence-corrected chi connectivity index (χ1v) is 8.55. The highest BCUT2D eigenvalue weighted by molar-refractivity contribution is 6.16. The Morgan fingerprint density at radius 3 is 2.41 bits per heavy atom. The maximum atomic E-state index is 13.1. The summed E-state index contributed by atoms with van der Waals surface area (Å²) in [5, 5.41) is 2.73. The zero-order valence-electron chi connectivity index (χ0n) is 15.3. The highest BCUT2D eigenvalue weighted by atomic mass is 19.1. The molecule has 2 aromatic rings. The number of hydrogen-bond donors (Lipinski definition) is 1. The molecule has 1 saturated heterocycles. The highest BCUT2D eigenvalue weighted by Crippen LogP contribution is 2.26.